The molecule has 130 valence electrons. The highest BCUT2D eigenvalue weighted by Crippen LogP contribution is 2.18. The smallest absolute Gasteiger partial charge is 0.381 e. The molecule has 1 heterocycles. The van der Waals surface area contributed by atoms with Gasteiger partial charge in [0.25, 0.3) is 0 Å². The second kappa shape index (κ2) is 10.7. The van der Waals surface area contributed by atoms with Gasteiger partial charge in [-0.05, 0) is 26.2 Å². The summed E-state index contributed by atoms with van der Waals surface area (Å²) in [4.78, 5) is 4.24. The molecule has 22 heavy (non-hydrogen) atoms. The summed E-state index contributed by atoms with van der Waals surface area (Å²) in [6.07, 6.45) is -2.18. The van der Waals surface area contributed by atoms with E-state index in [1.54, 1.807) is 0 Å². The van der Waals surface area contributed by atoms with Crippen molar-refractivity contribution < 1.29 is 22.6 Å². The fraction of sp³-hybridized carbons (Fsp3) is 0.929. The van der Waals surface area contributed by atoms with Crippen LogP contribution in [0.15, 0.2) is 4.99 Å². The van der Waals surface area contributed by atoms with Crippen molar-refractivity contribution in [2.24, 2.45) is 4.99 Å². The molecule has 1 rings (SSSR count). The Hall–Kier alpha value is -1.02. The van der Waals surface area contributed by atoms with Gasteiger partial charge in [-0.3, -0.25) is 4.99 Å². The summed E-state index contributed by atoms with van der Waals surface area (Å²) in [6, 6.07) is 0. The number of hydrogen-bond donors (Lipinski definition) is 2. The molecule has 0 amide bonds. The van der Waals surface area contributed by atoms with Crippen molar-refractivity contribution in [3.05, 3.63) is 0 Å². The molecule has 0 saturated carbocycles. The minimum atomic E-state index is -4.15. The second-order valence-corrected chi connectivity index (χ2v) is 5.09. The maximum atomic E-state index is 12.1. The third-order valence-corrected chi connectivity index (χ3v) is 3.14. The zero-order valence-electron chi connectivity index (χ0n) is 13.0. The van der Waals surface area contributed by atoms with Crippen molar-refractivity contribution in [3.8, 4) is 0 Å². The highest BCUT2D eigenvalue weighted by atomic mass is 19.4. The number of hydrogen-bond acceptors (Lipinski definition) is 3. The highest BCUT2D eigenvalue weighted by Gasteiger charge is 2.26. The van der Waals surface area contributed by atoms with Gasteiger partial charge in [0.15, 0.2) is 5.96 Å². The Morgan fingerprint density at radius 3 is 2.64 bits per heavy atom. The Morgan fingerprint density at radius 2 is 2.00 bits per heavy atom. The van der Waals surface area contributed by atoms with Gasteiger partial charge in [0.1, 0.15) is 0 Å². The van der Waals surface area contributed by atoms with E-state index in [0.717, 1.165) is 32.5 Å². The molecule has 0 aromatic heterocycles. The highest BCUT2D eigenvalue weighted by molar-refractivity contribution is 5.79. The Balaban J connectivity index is 2.15. The van der Waals surface area contributed by atoms with E-state index in [2.05, 4.69) is 15.6 Å². The zero-order chi connectivity index (χ0) is 16.3. The Morgan fingerprint density at radius 1 is 1.27 bits per heavy atom. The molecule has 0 spiro atoms. The van der Waals surface area contributed by atoms with E-state index in [-0.39, 0.29) is 12.6 Å². The van der Waals surface area contributed by atoms with Crippen LogP contribution in [0.5, 0.6) is 0 Å². The van der Waals surface area contributed by atoms with Gasteiger partial charge in [0.05, 0.1) is 12.5 Å². The van der Waals surface area contributed by atoms with E-state index in [0.29, 0.717) is 25.7 Å². The monoisotopic (exact) mass is 325 g/mol. The summed E-state index contributed by atoms with van der Waals surface area (Å²) in [5.74, 6) is 0.415. The summed E-state index contributed by atoms with van der Waals surface area (Å²) in [5, 5.41) is 5.60. The predicted molar refractivity (Wildman–Crippen MR) is 79.1 cm³/mol. The lowest BCUT2D eigenvalue weighted by Gasteiger charge is -2.22. The number of nitrogens with zero attached hydrogens (tertiary/aromatic N) is 1. The van der Waals surface area contributed by atoms with Crippen molar-refractivity contribution in [2.45, 2.75) is 44.9 Å². The van der Waals surface area contributed by atoms with Crippen molar-refractivity contribution in [1.82, 2.24) is 10.6 Å². The number of aliphatic imine (C=N–C) groups is 1. The molecular formula is C14H26F3N3O2. The summed E-state index contributed by atoms with van der Waals surface area (Å²) in [6.45, 7) is 4.92. The standard InChI is InChI=1S/C14H26F3N3O2/c1-2-18-13(20-8-6-14(15,16)17)19-7-3-9-22-12-4-10-21-11-5-12/h12H,2-11H2,1H3,(H2,18,19,20). The Kier molecular flexibility index (Phi) is 9.22. The number of rotatable bonds is 8. The molecule has 2 N–H and O–H groups in total. The quantitative estimate of drug-likeness (QED) is 0.408. The predicted octanol–water partition coefficient (Wildman–Crippen LogP) is 2.08. The summed E-state index contributed by atoms with van der Waals surface area (Å²) < 4.78 is 47.2. The number of alkyl halides is 3. The minimum Gasteiger partial charge on any atom is -0.381 e. The lowest BCUT2D eigenvalue weighted by molar-refractivity contribution is -0.132. The molecule has 5 nitrogen and oxygen atoms in total. The van der Waals surface area contributed by atoms with Crippen molar-refractivity contribution >= 4 is 5.96 Å². The minimum absolute atomic E-state index is 0.173. The molecule has 0 bridgehead atoms. The van der Waals surface area contributed by atoms with Crippen LogP contribution in [0.25, 0.3) is 0 Å². The Labute approximate surface area is 129 Å². The van der Waals surface area contributed by atoms with Crippen LogP contribution in [0.1, 0.15) is 32.6 Å². The first-order valence-corrected chi connectivity index (χ1v) is 7.79. The van der Waals surface area contributed by atoms with E-state index >= 15 is 0 Å². The average Bonchev–Trinajstić information content (AvgIpc) is 2.46. The number of ether oxygens (including phenoxy) is 2. The van der Waals surface area contributed by atoms with Crippen LogP contribution in [0.4, 0.5) is 13.2 Å². The molecule has 0 unspecified atom stereocenters. The maximum absolute atomic E-state index is 12.1. The van der Waals surface area contributed by atoms with Gasteiger partial charge in [0, 0.05) is 39.5 Å². The van der Waals surface area contributed by atoms with Crippen molar-refractivity contribution in [1.29, 1.82) is 0 Å². The molecular weight excluding hydrogens is 299 g/mol. The fourth-order valence-electron chi connectivity index (χ4n) is 2.01. The van der Waals surface area contributed by atoms with E-state index in [1.807, 2.05) is 6.92 Å². The van der Waals surface area contributed by atoms with Gasteiger partial charge < -0.3 is 20.1 Å². The van der Waals surface area contributed by atoms with Gasteiger partial charge in [-0.2, -0.15) is 13.2 Å². The van der Waals surface area contributed by atoms with Crippen LogP contribution >= 0.6 is 0 Å². The molecule has 0 aromatic carbocycles. The summed E-state index contributed by atoms with van der Waals surface area (Å²) in [7, 11) is 0. The first kappa shape index (κ1) is 19.0. The maximum Gasteiger partial charge on any atom is 0.390 e. The van der Waals surface area contributed by atoms with Crippen LogP contribution in [0.2, 0.25) is 0 Å². The summed E-state index contributed by atoms with van der Waals surface area (Å²) in [5.41, 5.74) is 0. The topological polar surface area (TPSA) is 54.9 Å². The normalized spacial score (nSPS) is 17.5. The fourth-order valence-corrected chi connectivity index (χ4v) is 2.01. The van der Waals surface area contributed by atoms with Crippen molar-refractivity contribution in [2.75, 3.05) is 39.5 Å². The molecule has 1 aliphatic heterocycles. The van der Waals surface area contributed by atoms with Crippen molar-refractivity contribution in [3.63, 3.8) is 0 Å². The van der Waals surface area contributed by atoms with Crippen LogP contribution in [-0.4, -0.2) is 57.7 Å². The molecule has 1 fully saturated rings. The Bertz CT molecular complexity index is 319. The molecule has 0 aromatic rings. The van der Waals surface area contributed by atoms with E-state index in [9.17, 15) is 13.2 Å². The largest absolute Gasteiger partial charge is 0.390 e. The van der Waals surface area contributed by atoms with Gasteiger partial charge in [0.2, 0.25) is 0 Å². The van der Waals surface area contributed by atoms with E-state index < -0.39 is 12.6 Å². The van der Waals surface area contributed by atoms with Crippen LogP contribution in [0, 0.1) is 0 Å². The first-order chi connectivity index (χ1) is 10.5. The first-order valence-electron chi connectivity index (χ1n) is 7.79. The number of nitrogens with one attached hydrogen (secondary N) is 2. The third-order valence-electron chi connectivity index (χ3n) is 3.14. The zero-order valence-corrected chi connectivity index (χ0v) is 13.0. The van der Waals surface area contributed by atoms with Crippen LogP contribution in [-0.2, 0) is 9.47 Å². The van der Waals surface area contributed by atoms with Gasteiger partial charge in [-0.1, -0.05) is 0 Å². The molecule has 0 radical (unpaired) electrons. The van der Waals surface area contributed by atoms with Crippen LogP contribution in [0.3, 0.4) is 0 Å². The second-order valence-electron chi connectivity index (χ2n) is 5.09. The molecule has 8 heteroatoms. The van der Waals surface area contributed by atoms with Gasteiger partial charge in [-0.25, -0.2) is 0 Å². The SMILES string of the molecule is CCNC(=NCCCOC1CCOCC1)NCCC(F)(F)F. The lowest BCUT2D eigenvalue weighted by atomic mass is 10.1. The lowest BCUT2D eigenvalue weighted by Crippen LogP contribution is -2.39. The average molecular weight is 325 g/mol. The van der Waals surface area contributed by atoms with E-state index in [1.165, 1.54) is 0 Å². The molecule has 0 atom stereocenters. The van der Waals surface area contributed by atoms with Gasteiger partial charge >= 0.3 is 6.18 Å². The van der Waals surface area contributed by atoms with E-state index in [4.69, 9.17) is 9.47 Å². The third kappa shape index (κ3) is 9.83. The number of halogens is 3. The summed E-state index contributed by atoms with van der Waals surface area (Å²) >= 11 is 0. The number of guanidine groups is 1. The molecule has 0 aliphatic carbocycles. The molecule has 1 saturated heterocycles. The van der Waals surface area contributed by atoms with Gasteiger partial charge in [-0.15, -0.1) is 0 Å². The molecule has 1 aliphatic rings. The van der Waals surface area contributed by atoms with Crippen LogP contribution < -0.4 is 10.6 Å².